The van der Waals surface area contributed by atoms with Gasteiger partial charge in [-0.3, -0.25) is 4.90 Å². The number of aromatic nitrogens is 4. The van der Waals surface area contributed by atoms with Crippen LogP contribution in [0.4, 0.5) is 0 Å². The molecule has 4 rings (SSSR count). The first-order valence-electron chi connectivity index (χ1n) is 7.79. The molecular weight excluding hydrogens is 310 g/mol. The Hall–Kier alpha value is -2.11. The van der Waals surface area contributed by atoms with Crippen molar-refractivity contribution in [1.29, 1.82) is 0 Å². The summed E-state index contributed by atoms with van der Waals surface area (Å²) in [5.41, 5.74) is 2.51. The van der Waals surface area contributed by atoms with E-state index < -0.39 is 0 Å². The minimum Gasteiger partial charge on any atom is -0.333 e. The van der Waals surface area contributed by atoms with Gasteiger partial charge in [-0.2, -0.15) is 0 Å². The number of hydrogen-bond acceptors (Lipinski definition) is 3. The fraction of sp³-hybridized carbons (Fsp3) is 0.294. The van der Waals surface area contributed by atoms with E-state index in [1.807, 2.05) is 30.9 Å². The van der Waals surface area contributed by atoms with E-state index in [2.05, 4.69) is 36.1 Å². The normalized spacial score (nSPS) is 15.3. The first kappa shape index (κ1) is 14.5. The zero-order chi connectivity index (χ0) is 15.6. The van der Waals surface area contributed by atoms with Crippen LogP contribution in [0.3, 0.4) is 0 Å². The van der Waals surface area contributed by atoms with Crippen LogP contribution in [0.25, 0.3) is 5.82 Å². The number of hydrogen-bond donors (Lipinski definition) is 0. The van der Waals surface area contributed by atoms with Gasteiger partial charge in [-0.1, -0.05) is 11.6 Å². The van der Waals surface area contributed by atoms with Crippen LogP contribution in [0.1, 0.15) is 17.8 Å². The second-order valence-electron chi connectivity index (χ2n) is 5.85. The molecule has 0 aliphatic carbocycles. The molecular formula is C17H18ClN5. The molecule has 6 heteroatoms. The molecule has 0 atom stereocenters. The molecule has 0 saturated carbocycles. The van der Waals surface area contributed by atoms with E-state index in [0.717, 1.165) is 38.4 Å². The van der Waals surface area contributed by atoms with Gasteiger partial charge in [0, 0.05) is 50.5 Å². The largest absolute Gasteiger partial charge is 0.333 e. The van der Waals surface area contributed by atoms with E-state index in [9.17, 15) is 0 Å². The Kier molecular flexibility index (Phi) is 3.89. The lowest BCUT2D eigenvalue weighted by Crippen LogP contribution is -2.24. The maximum absolute atomic E-state index is 5.94. The molecule has 3 aromatic rings. The third-order valence-corrected chi connectivity index (χ3v) is 4.46. The maximum atomic E-state index is 5.94. The van der Waals surface area contributed by atoms with E-state index in [4.69, 9.17) is 11.6 Å². The van der Waals surface area contributed by atoms with E-state index in [0.29, 0.717) is 5.02 Å². The third kappa shape index (κ3) is 3.02. The number of nitrogens with zero attached hydrogens (tertiary/aromatic N) is 5. The van der Waals surface area contributed by atoms with Crippen molar-refractivity contribution in [2.75, 3.05) is 6.54 Å². The van der Waals surface area contributed by atoms with Crippen LogP contribution >= 0.6 is 11.6 Å². The molecule has 0 bridgehead atoms. The molecule has 23 heavy (non-hydrogen) atoms. The molecule has 0 unspecified atom stereocenters. The smallest absolute Gasteiger partial charge is 0.136 e. The number of halogens is 1. The van der Waals surface area contributed by atoms with E-state index in [-0.39, 0.29) is 0 Å². The monoisotopic (exact) mass is 327 g/mol. The molecule has 0 saturated heterocycles. The zero-order valence-corrected chi connectivity index (χ0v) is 13.5. The minimum absolute atomic E-state index is 0.656. The van der Waals surface area contributed by atoms with Gasteiger partial charge in [0.1, 0.15) is 5.82 Å². The van der Waals surface area contributed by atoms with Crippen LogP contribution in [0.2, 0.25) is 5.02 Å². The van der Waals surface area contributed by atoms with Gasteiger partial charge in [0.2, 0.25) is 0 Å². The van der Waals surface area contributed by atoms with Crippen molar-refractivity contribution in [2.45, 2.75) is 26.1 Å². The number of aryl methyl sites for hydroxylation is 1. The van der Waals surface area contributed by atoms with Crippen molar-refractivity contribution in [2.24, 2.45) is 0 Å². The summed E-state index contributed by atoms with van der Waals surface area (Å²) < 4.78 is 4.37. The SMILES string of the molecule is Clc1ccc(-n2cccc2CN2CCCn3cncc3C2)nc1. The third-order valence-electron chi connectivity index (χ3n) is 4.23. The average Bonchev–Trinajstić information content (AvgIpc) is 3.14. The highest BCUT2D eigenvalue weighted by Gasteiger charge is 2.16. The Morgan fingerprint density at radius 3 is 2.96 bits per heavy atom. The fourth-order valence-corrected chi connectivity index (χ4v) is 3.21. The summed E-state index contributed by atoms with van der Waals surface area (Å²) in [7, 11) is 0. The van der Waals surface area contributed by atoms with Gasteiger partial charge >= 0.3 is 0 Å². The van der Waals surface area contributed by atoms with Crippen LogP contribution < -0.4 is 0 Å². The Balaban J connectivity index is 1.56. The van der Waals surface area contributed by atoms with Crippen LogP contribution in [0, 0.1) is 0 Å². The molecule has 0 spiro atoms. The second kappa shape index (κ2) is 6.18. The molecule has 1 aliphatic heterocycles. The molecule has 0 aromatic carbocycles. The second-order valence-corrected chi connectivity index (χ2v) is 6.28. The standard InChI is InChI=1S/C17H18ClN5/c18-14-4-5-17(20-9-14)23-8-1-3-15(23)11-21-6-2-7-22-13-19-10-16(22)12-21/h1,3-5,8-10,13H,2,6-7,11-12H2. The summed E-state index contributed by atoms with van der Waals surface area (Å²) in [6.45, 7) is 3.95. The number of imidazole rings is 1. The van der Waals surface area contributed by atoms with Crippen molar-refractivity contribution in [3.8, 4) is 5.82 Å². The predicted molar refractivity (Wildman–Crippen MR) is 89.5 cm³/mol. The summed E-state index contributed by atoms with van der Waals surface area (Å²) in [4.78, 5) is 11.1. The first-order valence-corrected chi connectivity index (χ1v) is 8.17. The summed E-state index contributed by atoms with van der Waals surface area (Å²) in [6.07, 6.45) is 8.78. The number of rotatable bonds is 3. The van der Waals surface area contributed by atoms with Crippen molar-refractivity contribution >= 4 is 11.6 Å². The van der Waals surface area contributed by atoms with Crippen molar-refractivity contribution in [3.05, 3.63) is 65.6 Å². The Morgan fingerprint density at radius 2 is 2.09 bits per heavy atom. The van der Waals surface area contributed by atoms with Crippen LogP contribution in [0.15, 0.2) is 49.2 Å². The van der Waals surface area contributed by atoms with Gasteiger partial charge in [0.25, 0.3) is 0 Å². The molecule has 4 heterocycles. The van der Waals surface area contributed by atoms with Gasteiger partial charge in [-0.05, 0) is 30.7 Å². The Labute approximate surface area is 140 Å². The number of pyridine rings is 1. The van der Waals surface area contributed by atoms with Gasteiger partial charge in [0.05, 0.1) is 17.0 Å². The summed E-state index contributed by atoms with van der Waals surface area (Å²) in [5, 5.41) is 0.656. The zero-order valence-electron chi connectivity index (χ0n) is 12.8. The molecule has 0 N–H and O–H groups in total. The highest BCUT2D eigenvalue weighted by Crippen LogP contribution is 2.18. The Morgan fingerprint density at radius 1 is 1.13 bits per heavy atom. The van der Waals surface area contributed by atoms with E-state index in [1.165, 1.54) is 11.4 Å². The van der Waals surface area contributed by atoms with Crippen molar-refractivity contribution in [1.82, 2.24) is 24.0 Å². The quantitative estimate of drug-likeness (QED) is 0.742. The van der Waals surface area contributed by atoms with E-state index in [1.54, 1.807) is 6.20 Å². The summed E-state index contributed by atoms with van der Waals surface area (Å²) in [5.74, 6) is 0.897. The molecule has 5 nitrogen and oxygen atoms in total. The highest BCUT2D eigenvalue weighted by atomic mass is 35.5. The lowest BCUT2D eigenvalue weighted by atomic mass is 10.3. The Bertz CT molecular complexity index is 789. The highest BCUT2D eigenvalue weighted by molar-refractivity contribution is 6.30. The minimum atomic E-state index is 0.656. The average molecular weight is 328 g/mol. The van der Waals surface area contributed by atoms with Crippen molar-refractivity contribution < 1.29 is 0 Å². The summed E-state index contributed by atoms with van der Waals surface area (Å²) in [6, 6.07) is 8.04. The topological polar surface area (TPSA) is 38.9 Å². The summed E-state index contributed by atoms with van der Waals surface area (Å²) >= 11 is 5.94. The van der Waals surface area contributed by atoms with Gasteiger partial charge in [-0.15, -0.1) is 0 Å². The van der Waals surface area contributed by atoms with E-state index >= 15 is 0 Å². The van der Waals surface area contributed by atoms with Gasteiger partial charge in [0.15, 0.2) is 0 Å². The van der Waals surface area contributed by atoms with Gasteiger partial charge < -0.3 is 9.13 Å². The molecule has 0 amide bonds. The lowest BCUT2D eigenvalue weighted by Gasteiger charge is -2.20. The molecule has 0 radical (unpaired) electrons. The van der Waals surface area contributed by atoms with Crippen LogP contribution in [0.5, 0.6) is 0 Å². The number of fused-ring (bicyclic) bond motifs is 1. The molecule has 1 aliphatic rings. The van der Waals surface area contributed by atoms with Crippen LogP contribution in [-0.4, -0.2) is 30.5 Å². The molecule has 3 aromatic heterocycles. The lowest BCUT2D eigenvalue weighted by molar-refractivity contribution is 0.256. The van der Waals surface area contributed by atoms with Gasteiger partial charge in [-0.25, -0.2) is 9.97 Å². The molecule has 118 valence electrons. The predicted octanol–water partition coefficient (Wildman–Crippen LogP) is 3.13. The maximum Gasteiger partial charge on any atom is 0.136 e. The van der Waals surface area contributed by atoms with Crippen molar-refractivity contribution in [3.63, 3.8) is 0 Å². The fourth-order valence-electron chi connectivity index (χ4n) is 3.10. The molecule has 0 fully saturated rings. The first-order chi connectivity index (χ1) is 11.3. The van der Waals surface area contributed by atoms with Crippen LogP contribution in [-0.2, 0) is 19.6 Å².